The predicted molar refractivity (Wildman–Crippen MR) is 63.8 cm³/mol. The molecule has 1 aromatic rings. The number of hydrogen-bond acceptors (Lipinski definition) is 4. The molecule has 1 aliphatic rings. The van der Waals surface area contributed by atoms with Gasteiger partial charge in [-0.3, -0.25) is 4.79 Å². The fraction of sp³-hybridized carbons (Fsp3) is 0.385. The molecule has 5 nitrogen and oxygen atoms in total. The summed E-state index contributed by atoms with van der Waals surface area (Å²) in [6.45, 7) is 3.50. The lowest BCUT2D eigenvalue weighted by atomic mass is 9.86. The molecule has 2 rings (SSSR count). The molecule has 1 aromatic carbocycles. The number of fused-ring (bicyclic) bond motifs is 1. The lowest BCUT2D eigenvalue weighted by Crippen LogP contribution is -2.52. The van der Waals surface area contributed by atoms with Crippen molar-refractivity contribution < 1.29 is 14.6 Å². The normalized spacial score (nSPS) is 24.3. The quantitative estimate of drug-likeness (QED) is 0.759. The number of benzene rings is 1. The number of carbonyl (C=O) groups is 1. The van der Waals surface area contributed by atoms with Crippen molar-refractivity contribution in [3.63, 3.8) is 0 Å². The summed E-state index contributed by atoms with van der Waals surface area (Å²) in [5.41, 5.74) is 0.275. The minimum absolute atomic E-state index is 0.460. The highest BCUT2D eigenvalue weighted by molar-refractivity contribution is 5.52. The third-order valence-corrected chi connectivity index (χ3v) is 3.12. The SMILES string of the molecule is CC1(C)Oc2ccc(C#N)cc2C(NC=O)[C@@H]1O. The van der Waals surface area contributed by atoms with Gasteiger partial charge in [-0.1, -0.05) is 0 Å². The Kier molecular flexibility index (Phi) is 2.97. The van der Waals surface area contributed by atoms with Crippen LogP contribution in [0.4, 0.5) is 0 Å². The van der Waals surface area contributed by atoms with Crippen molar-refractivity contribution in [2.45, 2.75) is 31.6 Å². The van der Waals surface area contributed by atoms with E-state index in [-0.39, 0.29) is 0 Å². The molecule has 1 heterocycles. The molecule has 0 radical (unpaired) electrons. The van der Waals surface area contributed by atoms with E-state index in [1.165, 1.54) is 0 Å². The van der Waals surface area contributed by atoms with E-state index in [9.17, 15) is 9.90 Å². The number of aliphatic hydroxyl groups is 1. The van der Waals surface area contributed by atoms with Crippen LogP contribution in [0.25, 0.3) is 0 Å². The van der Waals surface area contributed by atoms with Crippen molar-refractivity contribution in [2.24, 2.45) is 0 Å². The van der Waals surface area contributed by atoms with Gasteiger partial charge in [-0.05, 0) is 32.0 Å². The molecule has 5 heteroatoms. The van der Waals surface area contributed by atoms with Crippen molar-refractivity contribution in [1.82, 2.24) is 5.32 Å². The van der Waals surface area contributed by atoms with Crippen LogP contribution in [-0.2, 0) is 4.79 Å². The van der Waals surface area contributed by atoms with Crippen LogP contribution < -0.4 is 10.1 Å². The fourth-order valence-electron chi connectivity index (χ4n) is 2.12. The fourth-order valence-corrected chi connectivity index (χ4v) is 2.12. The van der Waals surface area contributed by atoms with Crippen LogP contribution in [-0.4, -0.2) is 23.2 Å². The molecule has 0 fully saturated rings. The lowest BCUT2D eigenvalue weighted by molar-refractivity contribution is -0.114. The molecule has 0 aromatic heterocycles. The molecule has 0 aliphatic carbocycles. The van der Waals surface area contributed by atoms with Gasteiger partial charge in [0.25, 0.3) is 0 Å². The van der Waals surface area contributed by atoms with E-state index >= 15 is 0 Å². The highest BCUT2D eigenvalue weighted by atomic mass is 16.5. The molecule has 2 atom stereocenters. The van der Waals surface area contributed by atoms with Crippen molar-refractivity contribution in [3.8, 4) is 11.8 Å². The molecule has 1 unspecified atom stereocenters. The van der Waals surface area contributed by atoms with Crippen molar-refractivity contribution >= 4 is 6.41 Å². The average Bonchev–Trinajstić information content (AvgIpc) is 2.34. The molecule has 1 aliphatic heterocycles. The van der Waals surface area contributed by atoms with Gasteiger partial charge in [0.2, 0.25) is 6.41 Å². The maximum atomic E-state index is 10.7. The molecule has 18 heavy (non-hydrogen) atoms. The number of nitrogens with one attached hydrogen (secondary N) is 1. The second-order valence-corrected chi connectivity index (χ2v) is 4.78. The van der Waals surface area contributed by atoms with Crippen molar-refractivity contribution in [1.29, 1.82) is 5.26 Å². The van der Waals surface area contributed by atoms with E-state index in [2.05, 4.69) is 5.32 Å². The van der Waals surface area contributed by atoms with Gasteiger partial charge < -0.3 is 15.2 Å². The molecule has 0 saturated carbocycles. The van der Waals surface area contributed by atoms with Gasteiger partial charge in [-0.2, -0.15) is 5.26 Å². The summed E-state index contributed by atoms with van der Waals surface area (Å²) in [5, 5.41) is 21.7. The smallest absolute Gasteiger partial charge is 0.207 e. The van der Waals surface area contributed by atoms with Crippen LogP contribution >= 0.6 is 0 Å². The third-order valence-electron chi connectivity index (χ3n) is 3.12. The van der Waals surface area contributed by atoms with Crippen LogP contribution in [0.1, 0.15) is 31.0 Å². The van der Waals surface area contributed by atoms with Crippen LogP contribution in [0.3, 0.4) is 0 Å². The van der Waals surface area contributed by atoms with Gasteiger partial charge in [-0.25, -0.2) is 0 Å². The minimum Gasteiger partial charge on any atom is -0.485 e. The van der Waals surface area contributed by atoms with Crippen LogP contribution in [0, 0.1) is 11.3 Å². The van der Waals surface area contributed by atoms with Gasteiger partial charge in [0.05, 0.1) is 17.7 Å². The summed E-state index contributed by atoms with van der Waals surface area (Å²) in [4.78, 5) is 10.7. The third kappa shape index (κ3) is 1.91. The van der Waals surface area contributed by atoms with E-state index in [0.29, 0.717) is 23.3 Å². The Hall–Kier alpha value is -2.06. The largest absolute Gasteiger partial charge is 0.485 e. The van der Waals surface area contributed by atoms with E-state index in [0.717, 1.165) is 0 Å². The molecule has 0 saturated heterocycles. The summed E-state index contributed by atoms with van der Waals surface area (Å²) >= 11 is 0. The second-order valence-electron chi connectivity index (χ2n) is 4.78. The van der Waals surface area contributed by atoms with Crippen molar-refractivity contribution in [2.75, 3.05) is 0 Å². The van der Waals surface area contributed by atoms with Crippen molar-refractivity contribution in [3.05, 3.63) is 29.3 Å². The number of hydrogen-bond donors (Lipinski definition) is 2. The number of ether oxygens (including phenoxy) is 1. The van der Waals surface area contributed by atoms with Gasteiger partial charge in [0, 0.05) is 5.56 Å². The molecular weight excluding hydrogens is 232 g/mol. The Bertz CT molecular complexity index is 519. The summed E-state index contributed by atoms with van der Waals surface area (Å²) in [5.74, 6) is 0.573. The summed E-state index contributed by atoms with van der Waals surface area (Å²) in [7, 11) is 0. The van der Waals surface area contributed by atoms with E-state index in [4.69, 9.17) is 10.00 Å². The van der Waals surface area contributed by atoms with Gasteiger partial charge >= 0.3 is 0 Å². The van der Waals surface area contributed by atoms with Gasteiger partial charge in [0.15, 0.2) is 0 Å². The van der Waals surface area contributed by atoms with Crippen LogP contribution in [0.15, 0.2) is 18.2 Å². The highest BCUT2D eigenvalue weighted by Crippen LogP contribution is 2.39. The number of nitriles is 1. The molecule has 1 amide bonds. The number of carbonyl (C=O) groups excluding carboxylic acids is 1. The first-order valence-corrected chi connectivity index (χ1v) is 5.60. The van der Waals surface area contributed by atoms with E-state index < -0.39 is 17.7 Å². The predicted octanol–water partition coefficient (Wildman–Crippen LogP) is 0.877. The standard InChI is InChI=1S/C13H14N2O3/c1-13(2)12(17)11(15-7-16)9-5-8(6-14)3-4-10(9)18-13/h3-5,7,11-12,17H,1-2H3,(H,15,16)/t11?,12-/m0/s1. The lowest BCUT2D eigenvalue weighted by Gasteiger charge is -2.41. The molecule has 0 spiro atoms. The summed E-state index contributed by atoms with van der Waals surface area (Å²) < 4.78 is 5.69. The monoisotopic (exact) mass is 246 g/mol. The van der Waals surface area contributed by atoms with Gasteiger partial charge in [-0.15, -0.1) is 0 Å². The number of aliphatic hydroxyl groups excluding tert-OH is 1. The summed E-state index contributed by atoms with van der Waals surface area (Å²) in [6, 6.07) is 6.39. The number of nitrogens with zero attached hydrogens (tertiary/aromatic N) is 1. The zero-order chi connectivity index (χ0) is 13.3. The molecular formula is C13H14N2O3. The topological polar surface area (TPSA) is 82.3 Å². The highest BCUT2D eigenvalue weighted by Gasteiger charge is 2.42. The van der Waals surface area contributed by atoms with Crippen LogP contribution in [0.2, 0.25) is 0 Å². The van der Waals surface area contributed by atoms with Crippen LogP contribution in [0.5, 0.6) is 5.75 Å². The van der Waals surface area contributed by atoms with E-state index in [1.807, 2.05) is 6.07 Å². The Morgan fingerprint density at radius 1 is 1.56 bits per heavy atom. The Morgan fingerprint density at radius 2 is 2.28 bits per heavy atom. The summed E-state index contributed by atoms with van der Waals surface area (Å²) in [6.07, 6.45) is -0.345. The zero-order valence-corrected chi connectivity index (χ0v) is 10.2. The molecule has 2 N–H and O–H groups in total. The minimum atomic E-state index is -0.885. The number of amides is 1. The molecule has 0 bridgehead atoms. The first-order chi connectivity index (χ1) is 8.49. The first-order valence-electron chi connectivity index (χ1n) is 5.60. The number of rotatable bonds is 2. The Morgan fingerprint density at radius 3 is 2.89 bits per heavy atom. The maximum Gasteiger partial charge on any atom is 0.207 e. The first kappa shape index (κ1) is 12.4. The van der Waals surface area contributed by atoms with E-state index in [1.54, 1.807) is 32.0 Å². The Balaban J connectivity index is 2.53. The second kappa shape index (κ2) is 4.31. The zero-order valence-electron chi connectivity index (χ0n) is 10.2. The molecule has 94 valence electrons. The average molecular weight is 246 g/mol. The van der Waals surface area contributed by atoms with Gasteiger partial charge in [0.1, 0.15) is 17.5 Å². The maximum absolute atomic E-state index is 10.7. The Labute approximate surface area is 105 Å².